The highest BCUT2D eigenvalue weighted by Crippen LogP contribution is 2.66. The predicted octanol–water partition coefficient (Wildman–Crippen LogP) is 3.05. The quantitative estimate of drug-likeness (QED) is 0.486. The van der Waals surface area contributed by atoms with Crippen molar-refractivity contribution in [3.8, 4) is 0 Å². The van der Waals surface area contributed by atoms with Crippen LogP contribution in [-0.2, 0) is 19.6 Å². The molecule has 4 fully saturated rings. The molecule has 4 bridgehead atoms. The van der Waals surface area contributed by atoms with Crippen LogP contribution in [-0.4, -0.2) is 43.9 Å². The highest BCUT2D eigenvalue weighted by Gasteiger charge is 2.61. The number of amides is 1. The van der Waals surface area contributed by atoms with Crippen LogP contribution >= 0.6 is 11.6 Å². The molecule has 7 nitrogen and oxygen atoms in total. The Morgan fingerprint density at radius 3 is 2.39 bits per heavy atom. The molecule has 0 aliphatic heterocycles. The molecule has 0 radical (unpaired) electrons. The number of nitrogens with one attached hydrogen (secondary N) is 2. The lowest BCUT2D eigenvalue weighted by Crippen LogP contribution is -2.59. The van der Waals surface area contributed by atoms with Crippen molar-refractivity contribution in [3.63, 3.8) is 0 Å². The summed E-state index contributed by atoms with van der Waals surface area (Å²) in [5, 5.41) is 12.1. The smallest absolute Gasteiger partial charge is 0.242 e. The van der Waals surface area contributed by atoms with Crippen LogP contribution in [0.25, 0.3) is 0 Å². The first kappa shape index (κ1) is 24.6. The number of benzene rings is 1. The van der Waals surface area contributed by atoms with Gasteiger partial charge in [0.2, 0.25) is 15.9 Å². The zero-order valence-corrected chi connectivity index (χ0v) is 20.8. The first-order chi connectivity index (χ1) is 15.4. The molecule has 1 aromatic rings. The summed E-state index contributed by atoms with van der Waals surface area (Å²) in [5.41, 5.74) is -2.08. The molecule has 3 N–H and O–H groups in total. The molecule has 4 aliphatic rings. The summed E-state index contributed by atoms with van der Waals surface area (Å²) in [6.07, 6.45) is 5.44. The van der Waals surface area contributed by atoms with Crippen molar-refractivity contribution < 1.29 is 23.1 Å². The SMILES string of the molecule is CC(C)(NS(=O)(=O)c1ccccc1Cl)C(=O)CC12CC3CC(C1)CC(C(=O)NCCO)(C3)C2. The zero-order chi connectivity index (χ0) is 24.1. The largest absolute Gasteiger partial charge is 0.395 e. The van der Waals surface area contributed by atoms with Gasteiger partial charge in [-0.15, -0.1) is 0 Å². The Hall–Kier alpha value is -1.48. The molecule has 5 rings (SSSR count). The van der Waals surface area contributed by atoms with Crippen LogP contribution in [0.4, 0.5) is 0 Å². The van der Waals surface area contributed by atoms with Gasteiger partial charge in [-0.1, -0.05) is 23.7 Å². The molecule has 4 saturated carbocycles. The molecule has 0 heterocycles. The summed E-state index contributed by atoms with van der Waals surface area (Å²) in [6.45, 7) is 3.32. The van der Waals surface area contributed by atoms with E-state index in [-0.39, 0.29) is 46.6 Å². The van der Waals surface area contributed by atoms with Gasteiger partial charge >= 0.3 is 0 Å². The van der Waals surface area contributed by atoms with Crippen molar-refractivity contribution in [1.29, 1.82) is 0 Å². The third-order valence-electron chi connectivity index (χ3n) is 7.81. The van der Waals surface area contributed by atoms with E-state index in [9.17, 15) is 18.0 Å². The molecule has 33 heavy (non-hydrogen) atoms. The molecule has 182 valence electrons. The summed E-state index contributed by atoms with van der Waals surface area (Å²) < 4.78 is 28.5. The number of aliphatic hydroxyl groups excluding tert-OH is 1. The Morgan fingerprint density at radius 1 is 1.15 bits per heavy atom. The van der Waals surface area contributed by atoms with E-state index >= 15 is 0 Å². The Morgan fingerprint density at radius 2 is 1.79 bits per heavy atom. The van der Waals surface area contributed by atoms with Crippen molar-refractivity contribution >= 4 is 33.3 Å². The summed E-state index contributed by atoms with van der Waals surface area (Å²) in [4.78, 5) is 26.5. The van der Waals surface area contributed by atoms with E-state index in [1.165, 1.54) is 12.1 Å². The van der Waals surface area contributed by atoms with Crippen LogP contribution in [0.15, 0.2) is 29.2 Å². The van der Waals surface area contributed by atoms with Crippen molar-refractivity contribution in [2.75, 3.05) is 13.2 Å². The maximum absolute atomic E-state index is 13.5. The van der Waals surface area contributed by atoms with Gasteiger partial charge in [-0.05, 0) is 81.8 Å². The fourth-order valence-electron chi connectivity index (χ4n) is 6.95. The Kier molecular flexibility index (Phi) is 6.44. The molecular weight excluding hydrogens is 464 g/mol. The molecule has 9 heteroatoms. The average molecular weight is 497 g/mol. The summed E-state index contributed by atoms with van der Waals surface area (Å²) in [7, 11) is -3.99. The molecule has 2 atom stereocenters. The van der Waals surface area contributed by atoms with Gasteiger partial charge in [0.1, 0.15) is 4.90 Å². The molecule has 4 aliphatic carbocycles. The highest BCUT2D eigenvalue weighted by atomic mass is 35.5. The van der Waals surface area contributed by atoms with Gasteiger partial charge in [-0.2, -0.15) is 4.72 Å². The first-order valence-electron chi connectivity index (χ1n) is 11.6. The predicted molar refractivity (Wildman–Crippen MR) is 125 cm³/mol. The van der Waals surface area contributed by atoms with E-state index in [0.717, 1.165) is 32.1 Å². The molecule has 1 amide bonds. The van der Waals surface area contributed by atoms with Crippen LogP contribution < -0.4 is 10.0 Å². The maximum Gasteiger partial charge on any atom is 0.242 e. The molecule has 0 saturated heterocycles. The van der Waals surface area contributed by atoms with E-state index in [4.69, 9.17) is 16.7 Å². The van der Waals surface area contributed by atoms with Crippen LogP contribution in [0.3, 0.4) is 0 Å². The fourth-order valence-corrected chi connectivity index (χ4v) is 8.87. The molecular formula is C24H33ClN2O5S. The van der Waals surface area contributed by atoms with Gasteiger partial charge in [0.05, 0.1) is 22.6 Å². The third-order valence-corrected chi connectivity index (χ3v) is 9.97. The number of hydrogen-bond acceptors (Lipinski definition) is 5. The van der Waals surface area contributed by atoms with E-state index in [1.54, 1.807) is 26.0 Å². The molecule has 2 unspecified atom stereocenters. The maximum atomic E-state index is 13.5. The zero-order valence-electron chi connectivity index (χ0n) is 19.2. The third kappa shape index (κ3) is 4.72. The van der Waals surface area contributed by atoms with Gasteiger partial charge < -0.3 is 10.4 Å². The number of hydrogen-bond donors (Lipinski definition) is 3. The van der Waals surface area contributed by atoms with E-state index < -0.39 is 21.0 Å². The lowest BCUT2D eigenvalue weighted by atomic mass is 9.43. The normalized spacial score (nSPS) is 30.9. The second-order valence-electron chi connectivity index (χ2n) is 11.0. The van der Waals surface area contributed by atoms with Crippen molar-refractivity contribution in [2.45, 2.75) is 69.2 Å². The summed E-state index contributed by atoms with van der Waals surface area (Å²) in [6, 6.07) is 6.16. The minimum absolute atomic E-state index is 0.0128. The monoisotopic (exact) mass is 496 g/mol. The molecule has 0 aromatic heterocycles. The van der Waals surface area contributed by atoms with E-state index in [2.05, 4.69) is 10.0 Å². The van der Waals surface area contributed by atoms with Crippen LogP contribution in [0.2, 0.25) is 5.02 Å². The van der Waals surface area contributed by atoms with Crippen LogP contribution in [0.1, 0.15) is 58.8 Å². The lowest BCUT2D eigenvalue weighted by molar-refractivity contribution is -0.161. The molecule has 1 aromatic carbocycles. The first-order valence-corrected chi connectivity index (χ1v) is 13.5. The number of rotatable bonds is 9. The summed E-state index contributed by atoms with van der Waals surface area (Å²) in [5.74, 6) is 0.621. The minimum atomic E-state index is -3.99. The van der Waals surface area contributed by atoms with Gasteiger partial charge in [-0.3, -0.25) is 9.59 Å². The van der Waals surface area contributed by atoms with Gasteiger partial charge in [-0.25, -0.2) is 8.42 Å². The number of aliphatic hydroxyl groups is 1. The standard InChI is InChI=1S/C24H33ClN2O5S/c1-22(2,27-33(31,32)19-6-4-3-5-18(19)25)20(29)14-23-10-16-9-17(11-23)13-24(12-16,15-23)21(30)26-7-8-28/h3-6,16-17,27-28H,7-15H2,1-2H3,(H,26,30). The lowest BCUT2D eigenvalue weighted by Gasteiger charge is -2.61. The highest BCUT2D eigenvalue weighted by molar-refractivity contribution is 7.89. The topological polar surface area (TPSA) is 113 Å². The van der Waals surface area contributed by atoms with Gasteiger partial charge in [0.25, 0.3) is 0 Å². The Labute approximate surface area is 200 Å². The summed E-state index contributed by atoms with van der Waals surface area (Å²) >= 11 is 6.09. The number of carbonyl (C=O) groups is 2. The fraction of sp³-hybridized carbons (Fsp3) is 0.667. The Bertz CT molecular complexity index is 1040. The average Bonchev–Trinajstić information content (AvgIpc) is 2.70. The second-order valence-corrected chi connectivity index (χ2v) is 13.0. The Balaban J connectivity index is 1.53. The van der Waals surface area contributed by atoms with E-state index in [1.807, 2.05) is 0 Å². The second kappa shape index (κ2) is 8.63. The van der Waals surface area contributed by atoms with Crippen molar-refractivity contribution in [2.24, 2.45) is 22.7 Å². The van der Waals surface area contributed by atoms with Gasteiger partial charge in [0.15, 0.2) is 5.78 Å². The van der Waals surface area contributed by atoms with E-state index in [0.29, 0.717) is 18.3 Å². The number of sulfonamides is 1. The number of carbonyl (C=O) groups excluding carboxylic acids is 2. The minimum Gasteiger partial charge on any atom is -0.395 e. The number of Topliss-reactive ketones (excluding diaryl/α,β-unsaturated/α-hetero) is 1. The van der Waals surface area contributed by atoms with Crippen LogP contribution in [0, 0.1) is 22.7 Å². The molecule has 0 spiro atoms. The number of halogens is 1. The van der Waals surface area contributed by atoms with Crippen molar-refractivity contribution in [3.05, 3.63) is 29.3 Å². The number of ketones is 1. The van der Waals surface area contributed by atoms with Crippen LogP contribution in [0.5, 0.6) is 0 Å². The van der Waals surface area contributed by atoms with Crippen molar-refractivity contribution in [1.82, 2.24) is 10.0 Å². The van der Waals surface area contributed by atoms with Gasteiger partial charge in [0, 0.05) is 13.0 Å².